The lowest BCUT2D eigenvalue weighted by Gasteiger charge is -2.50. The molecule has 0 aliphatic heterocycles. The van der Waals surface area contributed by atoms with Gasteiger partial charge in [-0.15, -0.1) is 0 Å². The van der Waals surface area contributed by atoms with E-state index < -0.39 is 0 Å². The second kappa shape index (κ2) is 5.81. The van der Waals surface area contributed by atoms with Gasteiger partial charge in [-0.25, -0.2) is 0 Å². The molecule has 1 aliphatic rings. The molecule has 1 aliphatic carbocycles. The van der Waals surface area contributed by atoms with Crippen molar-refractivity contribution in [3.8, 4) is 6.07 Å². The standard InChI is InChI=1S/C17H18ClNO/c1-17(2)13(9-10-19)11-15(17)16(20)8-5-12-3-6-14(18)7-4-12/h3-8,13,15H,9,11H2,1-2H3/b8-5+. The third-order valence-corrected chi connectivity index (χ3v) is 4.71. The van der Waals surface area contributed by atoms with Gasteiger partial charge in [0.05, 0.1) is 6.07 Å². The first-order chi connectivity index (χ1) is 9.45. The quantitative estimate of drug-likeness (QED) is 0.765. The van der Waals surface area contributed by atoms with Gasteiger partial charge in [-0.05, 0) is 41.5 Å². The number of hydrogen-bond donors (Lipinski definition) is 0. The lowest BCUT2D eigenvalue weighted by molar-refractivity contribution is -0.132. The van der Waals surface area contributed by atoms with Gasteiger partial charge in [-0.2, -0.15) is 5.26 Å². The molecule has 1 fully saturated rings. The fourth-order valence-electron chi connectivity index (χ4n) is 2.82. The highest BCUT2D eigenvalue weighted by atomic mass is 35.5. The minimum absolute atomic E-state index is 0.0319. The number of hydrogen-bond acceptors (Lipinski definition) is 2. The van der Waals surface area contributed by atoms with Crippen LogP contribution >= 0.6 is 11.6 Å². The molecule has 0 radical (unpaired) electrons. The molecular weight excluding hydrogens is 270 g/mol. The fourth-order valence-corrected chi connectivity index (χ4v) is 2.95. The maximum absolute atomic E-state index is 12.2. The Morgan fingerprint density at radius 3 is 2.65 bits per heavy atom. The molecule has 104 valence electrons. The highest BCUT2D eigenvalue weighted by Crippen LogP contribution is 2.53. The minimum atomic E-state index is -0.0723. The molecule has 2 atom stereocenters. The van der Waals surface area contributed by atoms with Crippen molar-refractivity contribution in [3.05, 3.63) is 40.9 Å². The minimum Gasteiger partial charge on any atom is -0.295 e. The van der Waals surface area contributed by atoms with Crippen molar-refractivity contribution in [2.45, 2.75) is 26.7 Å². The number of nitrogens with zero attached hydrogens (tertiary/aromatic N) is 1. The summed E-state index contributed by atoms with van der Waals surface area (Å²) >= 11 is 5.82. The molecule has 2 rings (SSSR count). The number of halogens is 1. The average molecular weight is 288 g/mol. The van der Waals surface area contributed by atoms with Crippen LogP contribution in [0.15, 0.2) is 30.3 Å². The van der Waals surface area contributed by atoms with Gasteiger partial charge in [0, 0.05) is 17.4 Å². The lowest BCUT2D eigenvalue weighted by Crippen LogP contribution is -2.48. The Bertz CT molecular complexity index is 566. The van der Waals surface area contributed by atoms with E-state index in [4.69, 9.17) is 16.9 Å². The van der Waals surface area contributed by atoms with Crippen molar-refractivity contribution in [2.24, 2.45) is 17.3 Å². The lowest BCUT2D eigenvalue weighted by atomic mass is 9.52. The van der Waals surface area contributed by atoms with Gasteiger partial charge in [-0.1, -0.05) is 43.7 Å². The summed E-state index contributed by atoms with van der Waals surface area (Å²) in [4.78, 5) is 12.2. The average Bonchev–Trinajstić information content (AvgIpc) is 2.42. The summed E-state index contributed by atoms with van der Waals surface area (Å²) in [6.45, 7) is 4.16. The van der Waals surface area contributed by atoms with Crippen molar-refractivity contribution < 1.29 is 4.79 Å². The van der Waals surface area contributed by atoms with E-state index in [1.807, 2.05) is 30.3 Å². The summed E-state index contributed by atoms with van der Waals surface area (Å²) in [5.41, 5.74) is 0.894. The molecule has 1 aromatic rings. The van der Waals surface area contributed by atoms with Crippen LogP contribution in [0.5, 0.6) is 0 Å². The normalized spacial score (nSPS) is 24.1. The Morgan fingerprint density at radius 2 is 2.10 bits per heavy atom. The Labute approximate surface area is 125 Å². The number of nitriles is 1. The molecular formula is C17H18ClNO. The first kappa shape index (κ1) is 14.8. The second-order valence-corrected chi connectivity index (χ2v) is 6.39. The Kier molecular flexibility index (Phi) is 4.30. The Hall–Kier alpha value is -1.59. The van der Waals surface area contributed by atoms with Crippen LogP contribution in [0.4, 0.5) is 0 Å². The fraction of sp³-hybridized carbons (Fsp3) is 0.412. The molecule has 20 heavy (non-hydrogen) atoms. The summed E-state index contributed by atoms with van der Waals surface area (Å²) in [5, 5.41) is 9.46. The summed E-state index contributed by atoms with van der Waals surface area (Å²) < 4.78 is 0. The van der Waals surface area contributed by atoms with Crippen molar-refractivity contribution in [1.82, 2.24) is 0 Å². The zero-order chi connectivity index (χ0) is 14.8. The summed E-state index contributed by atoms with van der Waals surface area (Å²) in [5.74, 6) is 0.522. The Balaban J connectivity index is 2.00. The number of carbonyl (C=O) groups excluding carboxylic acids is 1. The molecule has 0 amide bonds. The number of rotatable bonds is 4. The maximum Gasteiger partial charge on any atom is 0.159 e. The van der Waals surface area contributed by atoms with Gasteiger partial charge in [0.2, 0.25) is 0 Å². The van der Waals surface area contributed by atoms with E-state index in [-0.39, 0.29) is 17.1 Å². The molecule has 0 aromatic heterocycles. The predicted molar refractivity (Wildman–Crippen MR) is 81.1 cm³/mol. The first-order valence-corrected chi connectivity index (χ1v) is 7.17. The van der Waals surface area contributed by atoms with E-state index in [2.05, 4.69) is 19.9 Å². The van der Waals surface area contributed by atoms with Gasteiger partial charge in [0.25, 0.3) is 0 Å². The molecule has 2 unspecified atom stereocenters. The van der Waals surface area contributed by atoms with Crippen LogP contribution in [0.25, 0.3) is 6.08 Å². The van der Waals surface area contributed by atoms with Crippen molar-refractivity contribution in [1.29, 1.82) is 5.26 Å². The zero-order valence-corrected chi connectivity index (χ0v) is 12.5. The van der Waals surface area contributed by atoms with Gasteiger partial charge in [0.1, 0.15) is 0 Å². The molecule has 2 nitrogen and oxygen atoms in total. The van der Waals surface area contributed by atoms with Crippen LogP contribution in [-0.4, -0.2) is 5.78 Å². The van der Waals surface area contributed by atoms with Crippen LogP contribution in [0.2, 0.25) is 5.02 Å². The van der Waals surface area contributed by atoms with E-state index in [0.29, 0.717) is 17.4 Å². The highest BCUT2D eigenvalue weighted by molar-refractivity contribution is 6.30. The van der Waals surface area contributed by atoms with Crippen LogP contribution in [0.1, 0.15) is 32.3 Å². The monoisotopic (exact) mass is 287 g/mol. The van der Waals surface area contributed by atoms with Crippen LogP contribution < -0.4 is 0 Å². The van der Waals surface area contributed by atoms with E-state index >= 15 is 0 Å². The topological polar surface area (TPSA) is 40.9 Å². The zero-order valence-electron chi connectivity index (χ0n) is 11.8. The van der Waals surface area contributed by atoms with Gasteiger partial charge in [0.15, 0.2) is 5.78 Å². The maximum atomic E-state index is 12.2. The highest BCUT2D eigenvalue weighted by Gasteiger charge is 2.50. The molecule has 1 saturated carbocycles. The van der Waals surface area contributed by atoms with Crippen LogP contribution in [-0.2, 0) is 4.79 Å². The third kappa shape index (κ3) is 2.94. The number of benzene rings is 1. The Morgan fingerprint density at radius 1 is 1.45 bits per heavy atom. The summed E-state index contributed by atoms with van der Waals surface area (Å²) in [6, 6.07) is 9.59. The van der Waals surface area contributed by atoms with Crippen LogP contribution in [0, 0.1) is 28.6 Å². The van der Waals surface area contributed by atoms with Crippen molar-refractivity contribution in [3.63, 3.8) is 0 Å². The molecule has 0 spiro atoms. The molecule has 0 N–H and O–H groups in total. The number of ketones is 1. The summed E-state index contributed by atoms with van der Waals surface area (Å²) in [6.07, 6.45) is 4.84. The van der Waals surface area contributed by atoms with E-state index in [0.717, 1.165) is 12.0 Å². The van der Waals surface area contributed by atoms with Gasteiger partial charge in [-0.3, -0.25) is 4.79 Å². The van der Waals surface area contributed by atoms with E-state index in [9.17, 15) is 4.79 Å². The molecule has 1 aromatic carbocycles. The SMILES string of the molecule is CC1(C)C(CC#N)CC1C(=O)/C=C/c1ccc(Cl)cc1. The molecule has 3 heteroatoms. The van der Waals surface area contributed by atoms with Crippen LogP contribution in [0.3, 0.4) is 0 Å². The summed E-state index contributed by atoms with van der Waals surface area (Å²) in [7, 11) is 0. The number of allylic oxidation sites excluding steroid dienone is 1. The van der Waals surface area contributed by atoms with E-state index in [1.165, 1.54) is 0 Å². The second-order valence-electron chi connectivity index (χ2n) is 5.96. The van der Waals surface area contributed by atoms with Gasteiger partial charge >= 0.3 is 0 Å². The third-order valence-electron chi connectivity index (χ3n) is 4.46. The van der Waals surface area contributed by atoms with Crippen molar-refractivity contribution >= 4 is 23.5 Å². The molecule has 0 bridgehead atoms. The first-order valence-electron chi connectivity index (χ1n) is 6.79. The molecule has 0 heterocycles. The van der Waals surface area contributed by atoms with Crippen molar-refractivity contribution in [2.75, 3.05) is 0 Å². The van der Waals surface area contributed by atoms with E-state index in [1.54, 1.807) is 6.08 Å². The molecule has 0 saturated heterocycles. The smallest absolute Gasteiger partial charge is 0.159 e. The predicted octanol–water partition coefficient (Wildman–Crippen LogP) is 4.50. The van der Waals surface area contributed by atoms with Gasteiger partial charge < -0.3 is 0 Å². The largest absolute Gasteiger partial charge is 0.295 e. The number of carbonyl (C=O) groups is 1.